The molecule has 0 spiro atoms. The second-order valence-corrected chi connectivity index (χ2v) is 2.83. The van der Waals surface area contributed by atoms with Gasteiger partial charge in [0.1, 0.15) is 6.17 Å². The van der Waals surface area contributed by atoms with E-state index in [0.29, 0.717) is 0 Å². The van der Waals surface area contributed by atoms with E-state index in [9.17, 15) is 0 Å². The standard InChI is InChI=1S/C7H12N6/c8-6(7-10-12-13-11-7)5-2-1-3-9-4-5/h1-4,6-7,10-13H,8H2. The molecule has 1 saturated heterocycles. The maximum Gasteiger partial charge on any atom is 0.105 e. The minimum absolute atomic E-state index is 0.0378. The van der Waals surface area contributed by atoms with Gasteiger partial charge in [0, 0.05) is 12.4 Å². The van der Waals surface area contributed by atoms with Gasteiger partial charge in [0.05, 0.1) is 6.04 Å². The summed E-state index contributed by atoms with van der Waals surface area (Å²) in [5.41, 5.74) is 18.2. The van der Waals surface area contributed by atoms with E-state index < -0.39 is 0 Å². The molecule has 6 nitrogen and oxygen atoms in total. The van der Waals surface area contributed by atoms with Crippen molar-refractivity contribution in [3.05, 3.63) is 30.1 Å². The molecule has 0 aliphatic carbocycles. The second kappa shape index (κ2) is 3.77. The third-order valence-corrected chi connectivity index (χ3v) is 1.95. The Balaban J connectivity index is 2.08. The number of rotatable bonds is 2. The minimum atomic E-state index is -0.142. The predicted octanol–water partition coefficient (Wildman–Crippen LogP) is -1.48. The zero-order valence-corrected chi connectivity index (χ0v) is 6.99. The molecule has 0 bridgehead atoms. The quantitative estimate of drug-likeness (QED) is 0.382. The van der Waals surface area contributed by atoms with Gasteiger partial charge in [0.15, 0.2) is 0 Å². The number of hydrogen-bond donors (Lipinski definition) is 5. The van der Waals surface area contributed by atoms with Gasteiger partial charge < -0.3 is 5.73 Å². The monoisotopic (exact) mass is 180 g/mol. The Hall–Kier alpha value is -1.05. The summed E-state index contributed by atoms with van der Waals surface area (Å²) in [6.07, 6.45) is 3.44. The topological polar surface area (TPSA) is 87.0 Å². The Morgan fingerprint density at radius 1 is 1.38 bits per heavy atom. The second-order valence-electron chi connectivity index (χ2n) is 2.83. The fraction of sp³-hybridized carbons (Fsp3) is 0.286. The lowest BCUT2D eigenvalue weighted by molar-refractivity contribution is 0.439. The highest BCUT2D eigenvalue weighted by molar-refractivity contribution is 5.15. The molecule has 1 aliphatic heterocycles. The Bertz CT molecular complexity index is 257. The first-order chi connectivity index (χ1) is 6.38. The van der Waals surface area contributed by atoms with Crippen LogP contribution in [-0.4, -0.2) is 11.1 Å². The van der Waals surface area contributed by atoms with Crippen LogP contribution in [0.25, 0.3) is 0 Å². The summed E-state index contributed by atoms with van der Waals surface area (Å²) in [6.45, 7) is 0. The van der Waals surface area contributed by atoms with Crippen LogP contribution in [0.15, 0.2) is 24.5 Å². The number of nitrogens with one attached hydrogen (secondary N) is 4. The van der Waals surface area contributed by atoms with E-state index >= 15 is 0 Å². The first-order valence-corrected chi connectivity index (χ1v) is 4.04. The van der Waals surface area contributed by atoms with Gasteiger partial charge in [-0.2, -0.15) is 11.1 Å². The van der Waals surface area contributed by atoms with Gasteiger partial charge in [-0.25, -0.2) is 10.9 Å². The van der Waals surface area contributed by atoms with Crippen molar-refractivity contribution in [2.45, 2.75) is 12.2 Å². The Morgan fingerprint density at radius 2 is 2.15 bits per heavy atom. The van der Waals surface area contributed by atoms with Crippen molar-refractivity contribution in [1.82, 2.24) is 26.9 Å². The number of nitrogens with zero attached hydrogens (tertiary/aromatic N) is 1. The van der Waals surface area contributed by atoms with Crippen LogP contribution < -0.4 is 27.7 Å². The third-order valence-electron chi connectivity index (χ3n) is 1.95. The first-order valence-electron chi connectivity index (χ1n) is 4.04. The molecule has 1 aliphatic rings. The molecule has 1 atom stereocenters. The molecular weight excluding hydrogens is 168 g/mol. The van der Waals surface area contributed by atoms with E-state index in [1.807, 2.05) is 12.1 Å². The number of pyridine rings is 1. The summed E-state index contributed by atoms with van der Waals surface area (Å²) in [5, 5.41) is 0. The van der Waals surface area contributed by atoms with Gasteiger partial charge in [-0.1, -0.05) is 6.07 Å². The zero-order chi connectivity index (χ0) is 9.10. The van der Waals surface area contributed by atoms with Gasteiger partial charge in [0.2, 0.25) is 0 Å². The molecule has 13 heavy (non-hydrogen) atoms. The summed E-state index contributed by atoms with van der Waals surface area (Å²) in [6, 6.07) is 3.67. The van der Waals surface area contributed by atoms with Crippen molar-refractivity contribution >= 4 is 0 Å². The lowest BCUT2D eigenvalue weighted by Gasteiger charge is -2.17. The van der Waals surface area contributed by atoms with Gasteiger partial charge in [0.25, 0.3) is 0 Å². The molecule has 70 valence electrons. The zero-order valence-electron chi connectivity index (χ0n) is 6.99. The van der Waals surface area contributed by atoms with Crippen LogP contribution >= 0.6 is 0 Å². The van der Waals surface area contributed by atoms with Crippen molar-refractivity contribution in [3.63, 3.8) is 0 Å². The van der Waals surface area contributed by atoms with Crippen molar-refractivity contribution < 1.29 is 0 Å². The van der Waals surface area contributed by atoms with E-state index in [1.54, 1.807) is 12.4 Å². The number of hydrogen-bond acceptors (Lipinski definition) is 6. The molecule has 1 aromatic heterocycles. The summed E-state index contributed by atoms with van der Waals surface area (Å²) in [5.74, 6) is 0. The lowest BCUT2D eigenvalue weighted by Crippen LogP contribution is -2.43. The molecule has 0 saturated carbocycles. The fourth-order valence-corrected chi connectivity index (χ4v) is 1.21. The Morgan fingerprint density at radius 3 is 2.77 bits per heavy atom. The number of hydrazine groups is 3. The average molecular weight is 180 g/mol. The lowest BCUT2D eigenvalue weighted by atomic mass is 10.1. The molecule has 2 heterocycles. The fourth-order valence-electron chi connectivity index (χ4n) is 1.21. The summed E-state index contributed by atoms with van der Waals surface area (Å²) >= 11 is 0. The van der Waals surface area contributed by atoms with E-state index in [1.165, 1.54) is 0 Å². The van der Waals surface area contributed by atoms with E-state index in [0.717, 1.165) is 5.56 Å². The molecule has 6 heteroatoms. The van der Waals surface area contributed by atoms with Crippen LogP contribution in [0, 0.1) is 0 Å². The van der Waals surface area contributed by atoms with Crippen LogP contribution in [0.2, 0.25) is 0 Å². The van der Waals surface area contributed by atoms with Crippen LogP contribution in [0.3, 0.4) is 0 Å². The molecule has 1 aromatic rings. The Labute approximate surface area is 75.8 Å². The van der Waals surface area contributed by atoms with Crippen LogP contribution in [0.1, 0.15) is 11.6 Å². The van der Waals surface area contributed by atoms with Crippen molar-refractivity contribution in [3.8, 4) is 0 Å². The summed E-state index contributed by atoms with van der Waals surface area (Å²) in [7, 11) is 0. The highest BCUT2D eigenvalue weighted by atomic mass is 15.8. The first kappa shape index (κ1) is 8.54. The average Bonchev–Trinajstić information content (AvgIpc) is 2.71. The van der Waals surface area contributed by atoms with Crippen LogP contribution in [0.5, 0.6) is 0 Å². The highest BCUT2D eigenvalue weighted by Gasteiger charge is 2.21. The molecular formula is C7H12N6. The van der Waals surface area contributed by atoms with Gasteiger partial charge in [-0.3, -0.25) is 4.98 Å². The van der Waals surface area contributed by atoms with Crippen molar-refractivity contribution in [2.24, 2.45) is 5.73 Å². The van der Waals surface area contributed by atoms with Gasteiger partial charge >= 0.3 is 0 Å². The largest absolute Gasteiger partial charge is 0.321 e. The summed E-state index contributed by atoms with van der Waals surface area (Å²) in [4.78, 5) is 4.00. The van der Waals surface area contributed by atoms with E-state index in [-0.39, 0.29) is 12.2 Å². The van der Waals surface area contributed by atoms with E-state index in [2.05, 4.69) is 26.9 Å². The molecule has 6 N–H and O–H groups in total. The van der Waals surface area contributed by atoms with Crippen LogP contribution in [-0.2, 0) is 0 Å². The van der Waals surface area contributed by atoms with Crippen molar-refractivity contribution in [2.75, 3.05) is 0 Å². The summed E-state index contributed by atoms with van der Waals surface area (Å²) < 4.78 is 0. The number of nitrogens with two attached hydrogens (primary N) is 1. The molecule has 1 fully saturated rings. The SMILES string of the molecule is NC(c1cccnc1)C1NNNN1. The normalized spacial score (nSPS) is 20.4. The molecule has 0 aromatic carbocycles. The predicted molar refractivity (Wildman–Crippen MR) is 47.5 cm³/mol. The number of aromatic nitrogens is 1. The molecule has 0 amide bonds. The Kier molecular flexibility index (Phi) is 2.48. The smallest absolute Gasteiger partial charge is 0.105 e. The van der Waals surface area contributed by atoms with Gasteiger partial charge in [-0.05, 0) is 11.6 Å². The van der Waals surface area contributed by atoms with Crippen molar-refractivity contribution in [1.29, 1.82) is 0 Å². The van der Waals surface area contributed by atoms with Gasteiger partial charge in [-0.15, -0.1) is 0 Å². The molecule has 1 unspecified atom stereocenters. The maximum absolute atomic E-state index is 5.96. The van der Waals surface area contributed by atoms with E-state index in [4.69, 9.17) is 5.73 Å². The maximum atomic E-state index is 5.96. The third kappa shape index (κ3) is 1.82. The molecule has 0 radical (unpaired) electrons. The highest BCUT2D eigenvalue weighted by Crippen LogP contribution is 2.10. The minimum Gasteiger partial charge on any atom is -0.321 e. The van der Waals surface area contributed by atoms with Crippen LogP contribution in [0.4, 0.5) is 0 Å². The molecule has 2 rings (SSSR count).